The van der Waals surface area contributed by atoms with Gasteiger partial charge in [0.05, 0.1) is 34.2 Å². The van der Waals surface area contributed by atoms with Crippen LogP contribution in [0, 0.1) is 11.6 Å². The Morgan fingerprint density at radius 3 is 2.61 bits per heavy atom. The predicted molar refractivity (Wildman–Crippen MR) is 80.5 cm³/mol. The molecule has 0 saturated carbocycles. The number of nitrogens with two attached hydrogens (primary N) is 1. The molecule has 116 valence electrons. The minimum absolute atomic E-state index is 0.0253. The van der Waals surface area contributed by atoms with E-state index in [0.29, 0.717) is 47.2 Å². The van der Waals surface area contributed by atoms with Crippen molar-refractivity contribution in [2.75, 3.05) is 5.73 Å². The van der Waals surface area contributed by atoms with Crippen molar-refractivity contribution in [3.63, 3.8) is 0 Å². The van der Waals surface area contributed by atoms with Crippen LogP contribution in [-0.2, 0) is 6.42 Å². The number of aromatic nitrogens is 3. The van der Waals surface area contributed by atoms with Gasteiger partial charge in [-0.2, -0.15) is 5.10 Å². The first-order valence-corrected chi connectivity index (χ1v) is 7.20. The fourth-order valence-electron chi connectivity index (χ4n) is 3.00. The number of ketones is 1. The summed E-state index contributed by atoms with van der Waals surface area (Å²) in [5.74, 6) is -1.43. The molecule has 1 aromatic carbocycles. The van der Waals surface area contributed by atoms with Crippen LogP contribution in [0.15, 0.2) is 24.4 Å². The number of hydrogen-bond acceptors (Lipinski definition) is 4. The SMILES string of the molecule is Nc1c2c(nc3c1cnn3-c1cc(F)cc(F)c1)CCCC2=O. The maximum Gasteiger partial charge on any atom is 0.166 e. The molecule has 0 radical (unpaired) electrons. The molecule has 0 spiro atoms. The molecule has 0 saturated heterocycles. The average molecular weight is 314 g/mol. The van der Waals surface area contributed by atoms with E-state index in [1.165, 1.54) is 10.9 Å². The Hall–Kier alpha value is -2.83. The zero-order valence-electron chi connectivity index (χ0n) is 12.0. The van der Waals surface area contributed by atoms with Crippen LogP contribution in [0.2, 0.25) is 0 Å². The number of rotatable bonds is 1. The van der Waals surface area contributed by atoms with Gasteiger partial charge >= 0.3 is 0 Å². The van der Waals surface area contributed by atoms with Crippen molar-refractivity contribution in [2.45, 2.75) is 19.3 Å². The van der Waals surface area contributed by atoms with Crippen LogP contribution < -0.4 is 5.73 Å². The Labute approximate surface area is 129 Å². The van der Waals surface area contributed by atoms with Gasteiger partial charge in [-0.25, -0.2) is 18.4 Å². The Balaban J connectivity index is 2.00. The van der Waals surface area contributed by atoms with Crippen molar-refractivity contribution >= 4 is 22.5 Å². The molecule has 0 fully saturated rings. The number of halogens is 2. The highest BCUT2D eigenvalue weighted by Crippen LogP contribution is 2.32. The van der Waals surface area contributed by atoms with Crippen LogP contribution in [-0.4, -0.2) is 20.5 Å². The normalized spacial score (nSPS) is 14.3. The van der Waals surface area contributed by atoms with Crippen LogP contribution in [0.25, 0.3) is 16.7 Å². The first kappa shape index (κ1) is 13.8. The molecule has 2 aromatic heterocycles. The molecule has 2 N–H and O–H groups in total. The molecule has 0 aliphatic heterocycles. The van der Waals surface area contributed by atoms with Crippen LogP contribution in [0.4, 0.5) is 14.5 Å². The first-order chi connectivity index (χ1) is 11.0. The van der Waals surface area contributed by atoms with Gasteiger partial charge in [0.25, 0.3) is 0 Å². The van der Waals surface area contributed by atoms with Crippen molar-refractivity contribution in [1.29, 1.82) is 0 Å². The highest BCUT2D eigenvalue weighted by Gasteiger charge is 2.25. The van der Waals surface area contributed by atoms with Crippen LogP contribution in [0.1, 0.15) is 28.9 Å². The molecular formula is C16H12F2N4O. The zero-order chi connectivity index (χ0) is 16.1. The van der Waals surface area contributed by atoms with Gasteiger partial charge in [-0.05, 0) is 25.0 Å². The van der Waals surface area contributed by atoms with Crippen molar-refractivity contribution in [2.24, 2.45) is 0 Å². The van der Waals surface area contributed by atoms with Gasteiger partial charge in [0.2, 0.25) is 0 Å². The molecule has 3 aromatic rings. The van der Waals surface area contributed by atoms with Crippen molar-refractivity contribution in [3.05, 3.63) is 47.3 Å². The van der Waals surface area contributed by atoms with Crippen LogP contribution in [0.3, 0.4) is 0 Å². The van der Waals surface area contributed by atoms with Crippen molar-refractivity contribution in [1.82, 2.24) is 14.8 Å². The van der Waals surface area contributed by atoms with E-state index >= 15 is 0 Å². The molecule has 23 heavy (non-hydrogen) atoms. The lowest BCUT2D eigenvalue weighted by atomic mass is 9.93. The predicted octanol–water partition coefficient (Wildman–Crippen LogP) is 2.80. The zero-order valence-corrected chi connectivity index (χ0v) is 12.0. The molecular weight excluding hydrogens is 302 g/mol. The Morgan fingerprint density at radius 2 is 1.87 bits per heavy atom. The van der Waals surface area contributed by atoms with E-state index < -0.39 is 11.6 Å². The van der Waals surface area contributed by atoms with Crippen LogP contribution >= 0.6 is 0 Å². The standard InChI is InChI=1S/C16H12F2N4O/c17-8-4-9(18)6-10(5-8)22-16-11(7-20-22)15(19)14-12(21-16)2-1-3-13(14)23/h4-7H,1-3H2,(H2,19,21). The third kappa shape index (κ3) is 2.08. The van der Waals surface area contributed by atoms with E-state index in [0.717, 1.165) is 18.2 Å². The van der Waals surface area contributed by atoms with Gasteiger partial charge in [-0.3, -0.25) is 4.79 Å². The molecule has 7 heteroatoms. The number of pyridine rings is 1. The fraction of sp³-hybridized carbons (Fsp3) is 0.188. The van der Waals surface area contributed by atoms with E-state index in [1.54, 1.807) is 0 Å². The summed E-state index contributed by atoms with van der Waals surface area (Å²) >= 11 is 0. The lowest BCUT2D eigenvalue weighted by Crippen LogP contribution is -2.16. The van der Waals surface area contributed by atoms with E-state index in [1.807, 2.05) is 0 Å². The number of benzene rings is 1. The third-order valence-electron chi connectivity index (χ3n) is 4.02. The summed E-state index contributed by atoms with van der Waals surface area (Å²) in [5.41, 5.74) is 8.12. The number of anilines is 1. The Kier molecular flexibility index (Phi) is 2.90. The van der Waals surface area contributed by atoms with Gasteiger partial charge in [-0.15, -0.1) is 0 Å². The Morgan fingerprint density at radius 1 is 1.13 bits per heavy atom. The van der Waals surface area contributed by atoms with Crippen LogP contribution in [0.5, 0.6) is 0 Å². The average Bonchev–Trinajstić information content (AvgIpc) is 2.90. The number of fused-ring (bicyclic) bond motifs is 2. The second kappa shape index (κ2) is 4.84. The number of carbonyl (C=O) groups excluding carboxylic acids is 1. The highest BCUT2D eigenvalue weighted by molar-refractivity contribution is 6.08. The largest absolute Gasteiger partial charge is 0.397 e. The maximum absolute atomic E-state index is 13.5. The molecule has 0 atom stereocenters. The number of nitrogens with zero attached hydrogens (tertiary/aromatic N) is 3. The van der Waals surface area contributed by atoms with Gasteiger partial charge < -0.3 is 5.73 Å². The summed E-state index contributed by atoms with van der Waals surface area (Å²) < 4.78 is 28.2. The second-order valence-corrected chi connectivity index (χ2v) is 5.55. The monoisotopic (exact) mass is 314 g/mol. The quantitative estimate of drug-likeness (QED) is 0.749. The van der Waals surface area contributed by atoms with E-state index in [4.69, 9.17) is 5.73 Å². The minimum Gasteiger partial charge on any atom is -0.397 e. The Bertz CT molecular complexity index is 944. The maximum atomic E-state index is 13.5. The molecule has 4 rings (SSSR count). The molecule has 1 aliphatic rings. The number of aryl methyl sites for hydroxylation is 1. The fourth-order valence-corrected chi connectivity index (χ4v) is 3.00. The topological polar surface area (TPSA) is 73.8 Å². The first-order valence-electron chi connectivity index (χ1n) is 7.20. The summed E-state index contributed by atoms with van der Waals surface area (Å²) in [6.07, 6.45) is 3.27. The van der Waals surface area contributed by atoms with Gasteiger partial charge in [0, 0.05) is 12.5 Å². The lowest BCUT2D eigenvalue weighted by Gasteiger charge is -2.16. The summed E-state index contributed by atoms with van der Waals surface area (Å²) in [6.45, 7) is 0. The number of Topliss-reactive ketones (excluding diaryl/α,β-unsaturated/α-hetero) is 1. The smallest absolute Gasteiger partial charge is 0.166 e. The van der Waals surface area contributed by atoms with Gasteiger partial charge in [0.15, 0.2) is 11.4 Å². The molecule has 0 bridgehead atoms. The van der Waals surface area contributed by atoms with E-state index in [-0.39, 0.29) is 11.5 Å². The minimum atomic E-state index is -0.704. The molecule has 0 unspecified atom stereocenters. The second-order valence-electron chi connectivity index (χ2n) is 5.55. The molecule has 2 heterocycles. The third-order valence-corrected chi connectivity index (χ3v) is 4.02. The number of nitrogen functional groups attached to an aromatic ring is 1. The number of carbonyl (C=O) groups is 1. The summed E-state index contributed by atoms with van der Waals surface area (Å²) in [4.78, 5) is 16.5. The van der Waals surface area contributed by atoms with E-state index in [9.17, 15) is 13.6 Å². The summed E-state index contributed by atoms with van der Waals surface area (Å²) in [6, 6.07) is 3.12. The van der Waals surface area contributed by atoms with E-state index in [2.05, 4.69) is 10.1 Å². The molecule has 5 nitrogen and oxygen atoms in total. The van der Waals surface area contributed by atoms with Crippen molar-refractivity contribution in [3.8, 4) is 5.69 Å². The highest BCUT2D eigenvalue weighted by atomic mass is 19.1. The van der Waals surface area contributed by atoms with Crippen molar-refractivity contribution < 1.29 is 13.6 Å². The summed E-state index contributed by atoms with van der Waals surface area (Å²) in [5, 5.41) is 4.64. The van der Waals surface area contributed by atoms with Gasteiger partial charge in [0.1, 0.15) is 11.6 Å². The number of hydrogen-bond donors (Lipinski definition) is 1. The molecule has 1 aliphatic carbocycles. The van der Waals surface area contributed by atoms with Gasteiger partial charge in [-0.1, -0.05) is 0 Å². The lowest BCUT2D eigenvalue weighted by molar-refractivity contribution is 0.0972. The molecule has 0 amide bonds. The summed E-state index contributed by atoms with van der Waals surface area (Å²) in [7, 11) is 0.